The second kappa shape index (κ2) is 6.33. The van der Waals surface area contributed by atoms with Crippen LogP contribution in [-0.4, -0.2) is 24.8 Å². The first-order chi connectivity index (χ1) is 11.4. The first-order valence-corrected chi connectivity index (χ1v) is 9.45. The number of allylic oxidation sites excluding steroid dienone is 2. The molecule has 3 aliphatic rings. The van der Waals surface area contributed by atoms with Gasteiger partial charge in [-0.05, 0) is 66.8 Å². The summed E-state index contributed by atoms with van der Waals surface area (Å²) in [7, 11) is 1.55. The Balaban J connectivity index is 2.03. The van der Waals surface area contributed by atoms with Crippen LogP contribution in [0.3, 0.4) is 0 Å². The predicted octanol–water partition coefficient (Wildman–Crippen LogP) is 4.12. The number of hydrogen-bond donors (Lipinski definition) is 1. The molecule has 0 radical (unpaired) electrons. The Morgan fingerprint density at radius 1 is 1.38 bits per heavy atom. The Labute approximate surface area is 146 Å². The highest BCUT2D eigenvalue weighted by Crippen LogP contribution is 2.65. The average molecular weight is 332 g/mol. The number of carbonyl (C=O) groups excluding carboxylic acids is 1. The van der Waals surface area contributed by atoms with Crippen LogP contribution in [0.25, 0.3) is 0 Å². The van der Waals surface area contributed by atoms with E-state index in [2.05, 4.69) is 39.0 Å². The summed E-state index contributed by atoms with van der Waals surface area (Å²) >= 11 is 0. The fraction of sp³-hybridized carbons (Fsp3) is 0.762. The molecule has 0 unspecified atom stereocenters. The highest BCUT2D eigenvalue weighted by Gasteiger charge is 2.63. The molecule has 24 heavy (non-hydrogen) atoms. The third kappa shape index (κ3) is 2.47. The van der Waals surface area contributed by atoms with Crippen molar-refractivity contribution in [2.24, 2.45) is 34.5 Å². The predicted molar refractivity (Wildman–Crippen MR) is 95.3 cm³/mol. The van der Waals surface area contributed by atoms with Crippen LogP contribution in [0.15, 0.2) is 23.8 Å². The SMILES string of the molecule is COC(=O)[C@]12CC[C@@]3(C)CC=C(CO)C=C[C@H]3[C@@H]1CC[C@@H]2C(C)C. The van der Waals surface area contributed by atoms with Gasteiger partial charge in [0.1, 0.15) is 0 Å². The molecule has 0 heterocycles. The van der Waals surface area contributed by atoms with Crippen LogP contribution in [0.2, 0.25) is 0 Å². The fourth-order valence-electron chi connectivity index (χ4n) is 6.07. The number of rotatable bonds is 3. The van der Waals surface area contributed by atoms with Crippen LogP contribution < -0.4 is 0 Å². The molecule has 0 aliphatic heterocycles. The van der Waals surface area contributed by atoms with Crippen molar-refractivity contribution in [2.45, 2.75) is 52.9 Å². The monoisotopic (exact) mass is 332 g/mol. The Hall–Kier alpha value is -1.09. The van der Waals surface area contributed by atoms with Gasteiger partial charge in [-0.2, -0.15) is 0 Å². The Kier molecular flexibility index (Phi) is 4.67. The van der Waals surface area contributed by atoms with E-state index in [-0.39, 0.29) is 23.4 Å². The summed E-state index contributed by atoms with van der Waals surface area (Å²) in [6.45, 7) is 6.96. The molecule has 0 spiro atoms. The van der Waals surface area contributed by atoms with Crippen molar-refractivity contribution in [3.8, 4) is 0 Å². The van der Waals surface area contributed by atoms with Gasteiger partial charge in [-0.3, -0.25) is 4.79 Å². The number of aliphatic hydroxyl groups is 1. The van der Waals surface area contributed by atoms with Crippen LogP contribution in [0.4, 0.5) is 0 Å². The molecule has 0 saturated heterocycles. The molecule has 5 atom stereocenters. The molecule has 2 fully saturated rings. The number of methoxy groups -OCH3 is 1. The number of hydrogen-bond acceptors (Lipinski definition) is 3. The topological polar surface area (TPSA) is 46.5 Å². The van der Waals surface area contributed by atoms with Crippen molar-refractivity contribution in [1.82, 2.24) is 0 Å². The van der Waals surface area contributed by atoms with Gasteiger partial charge < -0.3 is 9.84 Å². The van der Waals surface area contributed by atoms with Crippen molar-refractivity contribution in [3.63, 3.8) is 0 Å². The standard InChI is InChI=1S/C21H32O3/c1-14(2)16-7-8-18-17-6-5-15(13-22)9-10-20(17,3)11-12-21(16,18)19(23)24-4/h5-6,9,14,16-18,22H,7-8,10-13H2,1-4H3/t16-,17+,18+,20-,21+/m1/s1. The lowest BCUT2D eigenvalue weighted by atomic mass is 9.50. The maximum absolute atomic E-state index is 13.0. The van der Waals surface area contributed by atoms with Gasteiger partial charge in [-0.15, -0.1) is 0 Å². The van der Waals surface area contributed by atoms with E-state index >= 15 is 0 Å². The number of esters is 1. The van der Waals surface area contributed by atoms with Crippen molar-refractivity contribution in [1.29, 1.82) is 0 Å². The molecule has 2 saturated carbocycles. The van der Waals surface area contributed by atoms with Gasteiger partial charge >= 0.3 is 5.97 Å². The highest BCUT2D eigenvalue weighted by atomic mass is 16.5. The molecule has 3 nitrogen and oxygen atoms in total. The van der Waals surface area contributed by atoms with Crippen LogP contribution in [0.1, 0.15) is 52.9 Å². The Morgan fingerprint density at radius 3 is 2.75 bits per heavy atom. The minimum absolute atomic E-state index is 0.0127. The molecule has 0 aromatic rings. The van der Waals surface area contributed by atoms with Gasteiger partial charge in [0, 0.05) is 0 Å². The van der Waals surface area contributed by atoms with Crippen LogP contribution in [-0.2, 0) is 9.53 Å². The summed E-state index contributed by atoms with van der Waals surface area (Å²) < 4.78 is 5.34. The van der Waals surface area contributed by atoms with Gasteiger partial charge in [0.05, 0.1) is 19.1 Å². The van der Waals surface area contributed by atoms with Crippen LogP contribution in [0.5, 0.6) is 0 Å². The second-order valence-corrected chi connectivity index (χ2v) is 8.75. The molecule has 0 bridgehead atoms. The lowest BCUT2D eigenvalue weighted by molar-refractivity contribution is -0.168. The molecule has 0 aromatic heterocycles. The third-order valence-electron chi connectivity index (χ3n) is 7.36. The van der Waals surface area contributed by atoms with E-state index in [0.717, 1.165) is 37.7 Å². The maximum Gasteiger partial charge on any atom is 0.312 e. The van der Waals surface area contributed by atoms with E-state index in [0.29, 0.717) is 23.7 Å². The van der Waals surface area contributed by atoms with E-state index in [1.165, 1.54) is 0 Å². The largest absolute Gasteiger partial charge is 0.469 e. The van der Waals surface area contributed by atoms with E-state index in [1.807, 2.05) is 0 Å². The van der Waals surface area contributed by atoms with Crippen molar-refractivity contribution < 1.29 is 14.6 Å². The summed E-state index contributed by atoms with van der Waals surface area (Å²) in [5.41, 5.74) is 0.871. The molecule has 1 N–H and O–H groups in total. The van der Waals surface area contributed by atoms with Gasteiger partial charge in [0.2, 0.25) is 0 Å². The quantitative estimate of drug-likeness (QED) is 0.791. The lowest BCUT2D eigenvalue weighted by Gasteiger charge is -2.53. The number of carbonyl (C=O) groups is 1. The molecule has 3 rings (SSSR count). The molecule has 0 aromatic carbocycles. The number of fused-ring (bicyclic) bond motifs is 3. The molecule has 0 amide bonds. The van der Waals surface area contributed by atoms with Crippen molar-refractivity contribution in [3.05, 3.63) is 23.8 Å². The number of ether oxygens (including phenoxy) is 1. The van der Waals surface area contributed by atoms with E-state index in [1.54, 1.807) is 7.11 Å². The van der Waals surface area contributed by atoms with Crippen LogP contribution in [0, 0.1) is 34.5 Å². The van der Waals surface area contributed by atoms with E-state index < -0.39 is 0 Å². The first-order valence-electron chi connectivity index (χ1n) is 9.45. The minimum atomic E-state index is -0.318. The summed E-state index contributed by atoms with van der Waals surface area (Å²) in [4.78, 5) is 13.0. The molecular weight excluding hydrogens is 300 g/mol. The average Bonchev–Trinajstić information content (AvgIpc) is 2.87. The Bertz CT molecular complexity index is 561. The van der Waals surface area contributed by atoms with Gasteiger partial charge in [0.15, 0.2) is 0 Å². The van der Waals surface area contributed by atoms with Crippen molar-refractivity contribution >= 4 is 5.97 Å². The maximum atomic E-state index is 13.0. The highest BCUT2D eigenvalue weighted by molar-refractivity contribution is 5.78. The molecule has 3 aliphatic carbocycles. The van der Waals surface area contributed by atoms with Gasteiger partial charge in [0.25, 0.3) is 0 Å². The fourth-order valence-corrected chi connectivity index (χ4v) is 6.07. The molecule has 3 heteroatoms. The minimum Gasteiger partial charge on any atom is -0.469 e. The zero-order valence-corrected chi connectivity index (χ0v) is 15.5. The van der Waals surface area contributed by atoms with E-state index in [4.69, 9.17) is 4.74 Å². The zero-order chi connectivity index (χ0) is 17.5. The molecule has 134 valence electrons. The normalized spacial score (nSPS) is 41.4. The first kappa shape index (κ1) is 17.7. The summed E-state index contributed by atoms with van der Waals surface area (Å²) in [6.07, 6.45) is 11.8. The van der Waals surface area contributed by atoms with Crippen LogP contribution >= 0.6 is 0 Å². The smallest absolute Gasteiger partial charge is 0.312 e. The molecular formula is C21H32O3. The van der Waals surface area contributed by atoms with Crippen molar-refractivity contribution in [2.75, 3.05) is 13.7 Å². The Morgan fingerprint density at radius 2 is 2.12 bits per heavy atom. The number of aliphatic hydroxyl groups excluding tert-OH is 1. The summed E-state index contributed by atoms with van der Waals surface area (Å²) in [5.74, 6) is 1.67. The van der Waals surface area contributed by atoms with Gasteiger partial charge in [-0.25, -0.2) is 0 Å². The zero-order valence-electron chi connectivity index (χ0n) is 15.5. The summed E-state index contributed by atoms with van der Waals surface area (Å²) in [5, 5.41) is 9.52. The second-order valence-electron chi connectivity index (χ2n) is 8.75. The lowest BCUT2D eigenvalue weighted by Crippen LogP contribution is -2.52. The van der Waals surface area contributed by atoms with Gasteiger partial charge in [-0.1, -0.05) is 39.0 Å². The third-order valence-corrected chi connectivity index (χ3v) is 7.36. The van der Waals surface area contributed by atoms with E-state index in [9.17, 15) is 9.90 Å². The summed E-state index contributed by atoms with van der Waals surface area (Å²) in [6, 6.07) is 0.